The number of hydrogen-bond donors (Lipinski definition) is 2. The first kappa shape index (κ1) is 16.1. The predicted octanol–water partition coefficient (Wildman–Crippen LogP) is 2.37. The van der Waals surface area contributed by atoms with Gasteiger partial charge < -0.3 is 20.1 Å². The summed E-state index contributed by atoms with van der Waals surface area (Å²) in [5, 5.41) is 5.76. The number of carbonyl (C=O) groups excluding carboxylic acids is 2. The monoisotopic (exact) mass is 346 g/mol. The minimum atomic E-state index is -0.732. The van der Waals surface area contributed by atoms with E-state index >= 15 is 0 Å². The Morgan fingerprint density at radius 2 is 1.75 bits per heavy atom. The quantitative estimate of drug-likeness (QED) is 0.833. The molecule has 1 aliphatic heterocycles. The Morgan fingerprint density at radius 1 is 1.00 bits per heavy atom. The van der Waals surface area contributed by atoms with E-state index in [1.807, 2.05) is 12.1 Å². The fraction of sp³-hybridized carbons (Fsp3) is 0.176. The third-order valence-corrected chi connectivity index (χ3v) is 3.70. The van der Waals surface area contributed by atoms with E-state index < -0.39 is 11.8 Å². The van der Waals surface area contributed by atoms with Crippen LogP contribution in [0, 0.1) is 0 Å². The van der Waals surface area contributed by atoms with Crippen molar-refractivity contribution in [1.82, 2.24) is 5.32 Å². The van der Waals surface area contributed by atoms with Crippen LogP contribution >= 0.6 is 11.6 Å². The van der Waals surface area contributed by atoms with Crippen LogP contribution in [-0.2, 0) is 16.0 Å². The minimum absolute atomic E-state index is 0.151. The highest BCUT2D eigenvalue weighted by Gasteiger charge is 2.17. The van der Waals surface area contributed by atoms with Crippen molar-refractivity contribution < 1.29 is 19.1 Å². The van der Waals surface area contributed by atoms with Gasteiger partial charge in [0.2, 0.25) is 6.79 Å². The van der Waals surface area contributed by atoms with Crippen LogP contribution in [0.4, 0.5) is 5.69 Å². The van der Waals surface area contributed by atoms with E-state index in [2.05, 4.69) is 10.6 Å². The first-order valence-corrected chi connectivity index (χ1v) is 7.73. The number of rotatable bonds is 4. The summed E-state index contributed by atoms with van der Waals surface area (Å²) >= 11 is 5.81. The van der Waals surface area contributed by atoms with E-state index in [9.17, 15) is 9.59 Å². The molecular formula is C17H15ClN2O4. The van der Waals surface area contributed by atoms with Crippen LogP contribution in [0.3, 0.4) is 0 Å². The van der Waals surface area contributed by atoms with E-state index in [-0.39, 0.29) is 6.79 Å². The smallest absolute Gasteiger partial charge is 0.313 e. The summed E-state index contributed by atoms with van der Waals surface area (Å²) in [6, 6.07) is 12.3. The molecule has 1 aliphatic rings. The van der Waals surface area contributed by atoms with E-state index in [4.69, 9.17) is 21.1 Å². The van der Waals surface area contributed by atoms with Crippen LogP contribution in [0.5, 0.6) is 11.5 Å². The Bertz CT molecular complexity index is 762. The second-order valence-corrected chi connectivity index (χ2v) is 5.59. The zero-order chi connectivity index (χ0) is 16.9. The molecule has 0 radical (unpaired) electrons. The van der Waals surface area contributed by atoms with Crippen LogP contribution in [0.1, 0.15) is 5.56 Å². The van der Waals surface area contributed by atoms with Gasteiger partial charge in [-0.1, -0.05) is 23.7 Å². The Labute approximate surface area is 143 Å². The van der Waals surface area contributed by atoms with Gasteiger partial charge in [-0.05, 0) is 36.2 Å². The third kappa shape index (κ3) is 3.97. The summed E-state index contributed by atoms with van der Waals surface area (Å²) in [6.45, 7) is 0.507. The van der Waals surface area contributed by atoms with Gasteiger partial charge in [-0.15, -0.1) is 0 Å². The highest BCUT2D eigenvalue weighted by molar-refractivity contribution is 6.39. The lowest BCUT2D eigenvalue weighted by atomic mass is 10.1. The van der Waals surface area contributed by atoms with E-state index in [0.29, 0.717) is 35.2 Å². The number of anilines is 1. The van der Waals surface area contributed by atoms with Gasteiger partial charge in [0, 0.05) is 23.3 Å². The second-order valence-electron chi connectivity index (χ2n) is 5.15. The summed E-state index contributed by atoms with van der Waals surface area (Å²) in [7, 11) is 0. The van der Waals surface area contributed by atoms with Crippen molar-refractivity contribution in [2.75, 3.05) is 18.7 Å². The molecule has 1 heterocycles. The summed E-state index contributed by atoms with van der Waals surface area (Å²) < 4.78 is 10.4. The first-order chi connectivity index (χ1) is 11.6. The normalized spacial score (nSPS) is 11.9. The molecule has 2 aromatic carbocycles. The molecule has 0 aliphatic carbocycles. The van der Waals surface area contributed by atoms with Crippen molar-refractivity contribution >= 4 is 29.1 Å². The molecule has 0 bridgehead atoms. The van der Waals surface area contributed by atoms with Gasteiger partial charge in [0.1, 0.15) is 0 Å². The van der Waals surface area contributed by atoms with Crippen molar-refractivity contribution in [3.05, 3.63) is 53.1 Å². The van der Waals surface area contributed by atoms with Crippen molar-refractivity contribution in [2.45, 2.75) is 6.42 Å². The SMILES string of the molecule is O=C(NCCc1ccc(Cl)cc1)C(=O)Nc1ccc2c(c1)OCO2. The van der Waals surface area contributed by atoms with Gasteiger partial charge in [0.15, 0.2) is 11.5 Å². The molecule has 0 fully saturated rings. The van der Waals surface area contributed by atoms with Crippen molar-refractivity contribution in [3.63, 3.8) is 0 Å². The molecule has 24 heavy (non-hydrogen) atoms. The second kappa shape index (κ2) is 7.23. The fourth-order valence-corrected chi connectivity index (χ4v) is 2.34. The Hall–Kier alpha value is -2.73. The Kier molecular flexibility index (Phi) is 4.86. The summed E-state index contributed by atoms with van der Waals surface area (Å²) in [5.41, 5.74) is 1.49. The molecule has 0 atom stereocenters. The van der Waals surface area contributed by atoms with Crippen LogP contribution in [0.25, 0.3) is 0 Å². The lowest BCUT2D eigenvalue weighted by Gasteiger charge is -2.07. The average Bonchev–Trinajstić information content (AvgIpc) is 3.04. The number of ether oxygens (including phenoxy) is 2. The van der Waals surface area contributed by atoms with E-state index in [1.165, 1.54) is 0 Å². The molecule has 124 valence electrons. The van der Waals surface area contributed by atoms with E-state index in [1.54, 1.807) is 30.3 Å². The minimum Gasteiger partial charge on any atom is -0.454 e. The predicted molar refractivity (Wildman–Crippen MR) is 89.4 cm³/mol. The number of amides is 2. The molecule has 2 N–H and O–H groups in total. The fourth-order valence-electron chi connectivity index (χ4n) is 2.21. The summed E-state index contributed by atoms with van der Waals surface area (Å²) in [5.74, 6) is -0.275. The lowest BCUT2D eigenvalue weighted by Crippen LogP contribution is -2.36. The highest BCUT2D eigenvalue weighted by Crippen LogP contribution is 2.34. The number of nitrogens with one attached hydrogen (secondary N) is 2. The van der Waals surface area contributed by atoms with Crippen molar-refractivity contribution in [1.29, 1.82) is 0 Å². The van der Waals surface area contributed by atoms with Gasteiger partial charge in [-0.2, -0.15) is 0 Å². The maximum absolute atomic E-state index is 11.9. The van der Waals surface area contributed by atoms with Crippen LogP contribution < -0.4 is 20.1 Å². The Balaban J connectivity index is 1.48. The molecule has 0 spiro atoms. The van der Waals surface area contributed by atoms with Crippen molar-refractivity contribution in [2.24, 2.45) is 0 Å². The average molecular weight is 347 g/mol. The maximum Gasteiger partial charge on any atom is 0.313 e. The summed E-state index contributed by atoms with van der Waals surface area (Å²) in [4.78, 5) is 23.7. The van der Waals surface area contributed by atoms with Crippen LogP contribution in [0.15, 0.2) is 42.5 Å². The van der Waals surface area contributed by atoms with Crippen molar-refractivity contribution in [3.8, 4) is 11.5 Å². The third-order valence-electron chi connectivity index (χ3n) is 3.45. The largest absolute Gasteiger partial charge is 0.454 e. The molecule has 3 rings (SSSR count). The van der Waals surface area contributed by atoms with Gasteiger partial charge in [-0.3, -0.25) is 9.59 Å². The number of benzene rings is 2. The number of halogens is 1. The number of carbonyl (C=O) groups is 2. The molecule has 2 amide bonds. The highest BCUT2D eigenvalue weighted by atomic mass is 35.5. The standard InChI is InChI=1S/C17H15ClN2O4/c18-12-3-1-11(2-4-12)7-8-19-16(21)17(22)20-13-5-6-14-15(9-13)24-10-23-14/h1-6,9H,7-8,10H2,(H,19,21)(H,20,22). The number of fused-ring (bicyclic) bond motifs is 1. The van der Waals surface area contributed by atoms with E-state index in [0.717, 1.165) is 5.56 Å². The maximum atomic E-state index is 11.9. The zero-order valence-corrected chi connectivity index (χ0v) is 13.4. The lowest BCUT2D eigenvalue weighted by molar-refractivity contribution is -0.136. The molecule has 0 unspecified atom stereocenters. The molecular weight excluding hydrogens is 332 g/mol. The first-order valence-electron chi connectivity index (χ1n) is 7.35. The summed E-state index contributed by atoms with van der Waals surface area (Å²) in [6.07, 6.45) is 0.611. The molecule has 6 nitrogen and oxygen atoms in total. The topological polar surface area (TPSA) is 76.7 Å². The van der Waals surface area contributed by atoms with Gasteiger partial charge in [0.25, 0.3) is 0 Å². The van der Waals surface area contributed by atoms with Crippen LogP contribution in [-0.4, -0.2) is 25.2 Å². The Morgan fingerprint density at radius 3 is 2.54 bits per heavy atom. The molecule has 0 saturated heterocycles. The molecule has 7 heteroatoms. The molecule has 0 saturated carbocycles. The zero-order valence-electron chi connectivity index (χ0n) is 12.7. The molecule has 0 aromatic heterocycles. The van der Waals surface area contributed by atoms with Crippen LogP contribution in [0.2, 0.25) is 5.02 Å². The van der Waals surface area contributed by atoms with Gasteiger partial charge in [0.05, 0.1) is 0 Å². The van der Waals surface area contributed by atoms with Gasteiger partial charge in [-0.25, -0.2) is 0 Å². The molecule has 2 aromatic rings. The van der Waals surface area contributed by atoms with Gasteiger partial charge >= 0.3 is 11.8 Å². The number of hydrogen-bond acceptors (Lipinski definition) is 4.